The van der Waals surface area contributed by atoms with Crippen LogP contribution in [0.3, 0.4) is 0 Å². The molecule has 2 rings (SSSR count). The zero-order valence-corrected chi connectivity index (χ0v) is 11.5. The largest absolute Gasteiger partial charge is 0.508 e. The van der Waals surface area contributed by atoms with E-state index in [0.29, 0.717) is 18.0 Å². The fourth-order valence-corrected chi connectivity index (χ4v) is 2.50. The number of nitrogens with zero attached hydrogens (tertiary/aromatic N) is 1. The third kappa shape index (κ3) is 3.26. The molecule has 0 aliphatic carbocycles. The van der Waals surface area contributed by atoms with E-state index in [1.165, 1.54) is 0 Å². The number of carbonyl (C=O) groups is 1. The van der Waals surface area contributed by atoms with Crippen LogP contribution < -0.4 is 0 Å². The number of likely N-dealkylation sites (tertiary alicyclic amines) is 1. The Morgan fingerprint density at radius 1 is 1.47 bits per heavy atom. The first-order valence-corrected chi connectivity index (χ1v) is 6.69. The number of carbonyl (C=O) groups excluding carboxylic acids is 1. The Bertz CT molecular complexity index is 447. The van der Waals surface area contributed by atoms with Crippen molar-refractivity contribution in [1.82, 2.24) is 4.90 Å². The van der Waals surface area contributed by atoms with Gasteiger partial charge in [0.1, 0.15) is 5.75 Å². The number of ether oxygens (including phenoxy) is 1. The van der Waals surface area contributed by atoms with Crippen LogP contribution >= 0.6 is 0 Å². The molecular weight excluding hydrogens is 242 g/mol. The second-order valence-electron chi connectivity index (χ2n) is 5.19. The van der Waals surface area contributed by atoms with Crippen molar-refractivity contribution in [2.24, 2.45) is 5.92 Å². The highest BCUT2D eigenvalue weighted by Crippen LogP contribution is 2.22. The highest BCUT2D eigenvalue weighted by atomic mass is 16.5. The SMILES string of the molecule is COC1CN(C(=O)Cc2ccccc2O)CCC1C. The first-order valence-electron chi connectivity index (χ1n) is 6.69. The molecule has 1 heterocycles. The molecule has 19 heavy (non-hydrogen) atoms. The van der Waals surface area contributed by atoms with Crippen molar-refractivity contribution in [3.05, 3.63) is 29.8 Å². The third-order valence-electron chi connectivity index (χ3n) is 3.88. The zero-order chi connectivity index (χ0) is 13.8. The highest BCUT2D eigenvalue weighted by molar-refractivity contribution is 5.79. The lowest BCUT2D eigenvalue weighted by atomic mass is 9.95. The van der Waals surface area contributed by atoms with Gasteiger partial charge in [-0.1, -0.05) is 25.1 Å². The van der Waals surface area contributed by atoms with Gasteiger partial charge in [-0.3, -0.25) is 4.79 Å². The predicted molar refractivity (Wildman–Crippen MR) is 73.0 cm³/mol. The molecule has 104 valence electrons. The lowest BCUT2D eigenvalue weighted by Crippen LogP contribution is -2.47. The second kappa shape index (κ2) is 6.06. The van der Waals surface area contributed by atoms with Crippen molar-refractivity contribution in [1.29, 1.82) is 0 Å². The van der Waals surface area contributed by atoms with Crippen molar-refractivity contribution in [2.75, 3.05) is 20.2 Å². The van der Waals surface area contributed by atoms with Gasteiger partial charge in [0.15, 0.2) is 0 Å². The molecule has 2 atom stereocenters. The zero-order valence-electron chi connectivity index (χ0n) is 11.5. The fraction of sp³-hybridized carbons (Fsp3) is 0.533. The number of hydrogen-bond donors (Lipinski definition) is 1. The molecule has 1 aliphatic heterocycles. The number of benzene rings is 1. The minimum Gasteiger partial charge on any atom is -0.508 e. The van der Waals surface area contributed by atoms with Crippen molar-refractivity contribution in [2.45, 2.75) is 25.9 Å². The fourth-order valence-electron chi connectivity index (χ4n) is 2.50. The van der Waals surface area contributed by atoms with Gasteiger partial charge in [-0.25, -0.2) is 0 Å². The summed E-state index contributed by atoms with van der Waals surface area (Å²) in [6.45, 7) is 3.57. The molecule has 1 saturated heterocycles. The number of rotatable bonds is 3. The van der Waals surface area contributed by atoms with Crippen LogP contribution in [0.5, 0.6) is 5.75 Å². The minimum atomic E-state index is 0.0513. The van der Waals surface area contributed by atoms with Gasteiger partial charge in [0.25, 0.3) is 0 Å². The lowest BCUT2D eigenvalue weighted by molar-refractivity contribution is -0.135. The van der Waals surface area contributed by atoms with E-state index in [9.17, 15) is 9.90 Å². The van der Waals surface area contributed by atoms with E-state index in [4.69, 9.17) is 4.74 Å². The summed E-state index contributed by atoms with van der Waals surface area (Å²) in [6, 6.07) is 6.98. The van der Waals surface area contributed by atoms with Gasteiger partial charge in [0.2, 0.25) is 5.91 Å². The summed E-state index contributed by atoms with van der Waals surface area (Å²) in [7, 11) is 1.69. The summed E-state index contributed by atoms with van der Waals surface area (Å²) >= 11 is 0. The van der Waals surface area contributed by atoms with Crippen LogP contribution in [0.15, 0.2) is 24.3 Å². The lowest BCUT2D eigenvalue weighted by Gasteiger charge is -2.36. The number of aromatic hydroxyl groups is 1. The Kier molecular flexibility index (Phi) is 4.43. The molecule has 4 nitrogen and oxygen atoms in total. The average molecular weight is 263 g/mol. The van der Waals surface area contributed by atoms with E-state index in [1.807, 2.05) is 11.0 Å². The summed E-state index contributed by atoms with van der Waals surface area (Å²) in [4.78, 5) is 14.1. The van der Waals surface area contributed by atoms with Crippen LogP contribution in [0.1, 0.15) is 18.9 Å². The van der Waals surface area contributed by atoms with Gasteiger partial charge in [0.05, 0.1) is 12.5 Å². The summed E-state index contributed by atoms with van der Waals surface area (Å²) in [5.41, 5.74) is 0.681. The summed E-state index contributed by atoms with van der Waals surface area (Å²) < 4.78 is 5.41. The quantitative estimate of drug-likeness (QED) is 0.905. The molecule has 1 amide bonds. The van der Waals surface area contributed by atoms with Crippen LogP contribution in [-0.2, 0) is 16.0 Å². The van der Waals surface area contributed by atoms with Gasteiger partial charge in [-0.2, -0.15) is 0 Å². The molecule has 4 heteroatoms. The Morgan fingerprint density at radius 2 is 2.21 bits per heavy atom. The second-order valence-corrected chi connectivity index (χ2v) is 5.19. The van der Waals surface area contributed by atoms with Crippen molar-refractivity contribution >= 4 is 5.91 Å². The van der Waals surface area contributed by atoms with E-state index >= 15 is 0 Å². The minimum absolute atomic E-state index is 0.0513. The Morgan fingerprint density at radius 3 is 2.89 bits per heavy atom. The molecule has 0 aromatic heterocycles. The van der Waals surface area contributed by atoms with Gasteiger partial charge >= 0.3 is 0 Å². The van der Waals surface area contributed by atoms with Crippen molar-refractivity contribution in [3.63, 3.8) is 0 Å². The van der Waals surface area contributed by atoms with E-state index in [0.717, 1.165) is 13.0 Å². The Balaban J connectivity index is 1.99. The standard InChI is InChI=1S/C15H21NO3/c1-11-7-8-16(10-14(11)19-2)15(18)9-12-5-3-4-6-13(12)17/h3-6,11,14,17H,7-10H2,1-2H3. The van der Waals surface area contributed by atoms with Gasteiger partial charge in [-0.15, -0.1) is 0 Å². The smallest absolute Gasteiger partial charge is 0.227 e. The van der Waals surface area contributed by atoms with E-state index in [2.05, 4.69) is 6.92 Å². The molecule has 1 aromatic carbocycles. The normalized spacial score (nSPS) is 23.4. The number of phenolic OH excluding ortho intramolecular Hbond substituents is 1. The number of piperidine rings is 1. The maximum Gasteiger partial charge on any atom is 0.227 e. The third-order valence-corrected chi connectivity index (χ3v) is 3.88. The van der Waals surface area contributed by atoms with Crippen molar-refractivity contribution < 1.29 is 14.6 Å². The molecule has 0 saturated carbocycles. The monoisotopic (exact) mass is 263 g/mol. The summed E-state index contributed by atoms with van der Waals surface area (Å²) in [5, 5.41) is 9.70. The molecular formula is C15H21NO3. The van der Waals surface area contributed by atoms with Crippen LogP contribution in [-0.4, -0.2) is 42.2 Å². The average Bonchev–Trinajstić information content (AvgIpc) is 2.42. The van der Waals surface area contributed by atoms with E-state index in [-0.39, 0.29) is 24.2 Å². The molecule has 0 radical (unpaired) electrons. The Labute approximate surface area is 114 Å². The maximum absolute atomic E-state index is 12.2. The molecule has 0 spiro atoms. The van der Waals surface area contributed by atoms with Gasteiger partial charge in [0, 0.05) is 25.8 Å². The molecule has 1 aromatic rings. The summed E-state index contributed by atoms with van der Waals surface area (Å²) in [5.74, 6) is 0.721. The van der Waals surface area contributed by atoms with Crippen molar-refractivity contribution in [3.8, 4) is 5.75 Å². The molecule has 0 bridgehead atoms. The van der Waals surface area contributed by atoms with E-state index < -0.39 is 0 Å². The van der Waals surface area contributed by atoms with Gasteiger partial charge < -0.3 is 14.7 Å². The molecule has 1 fully saturated rings. The number of amides is 1. The summed E-state index contributed by atoms with van der Waals surface area (Å²) in [6.07, 6.45) is 1.32. The number of hydrogen-bond acceptors (Lipinski definition) is 3. The number of methoxy groups -OCH3 is 1. The topological polar surface area (TPSA) is 49.8 Å². The molecule has 2 unspecified atom stereocenters. The predicted octanol–water partition coefficient (Wildman–Crippen LogP) is 1.82. The molecule has 1 N–H and O–H groups in total. The highest BCUT2D eigenvalue weighted by Gasteiger charge is 2.28. The van der Waals surface area contributed by atoms with Crippen LogP contribution in [0.4, 0.5) is 0 Å². The number of para-hydroxylation sites is 1. The first kappa shape index (κ1) is 13.9. The maximum atomic E-state index is 12.2. The molecule has 1 aliphatic rings. The van der Waals surface area contributed by atoms with Crippen LogP contribution in [0.25, 0.3) is 0 Å². The number of phenols is 1. The Hall–Kier alpha value is -1.55. The van der Waals surface area contributed by atoms with Crippen LogP contribution in [0.2, 0.25) is 0 Å². The van der Waals surface area contributed by atoms with E-state index in [1.54, 1.807) is 25.3 Å². The first-order chi connectivity index (χ1) is 9.11. The van der Waals surface area contributed by atoms with Gasteiger partial charge in [-0.05, 0) is 18.4 Å². The van der Waals surface area contributed by atoms with Crippen LogP contribution in [0, 0.1) is 5.92 Å².